The molecule has 0 aliphatic rings. The van der Waals surface area contributed by atoms with Crippen LogP contribution in [0.2, 0.25) is 0 Å². The molecular weight excluding hydrogens is 406 g/mol. The number of ether oxygens (including phenoxy) is 1. The lowest BCUT2D eigenvalue weighted by Crippen LogP contribution is -2.12. The molecule has 2 aromatic heterocycles. The molecule has 0 fully saturated rings. The Hall–Kier alpha value is -2.84. The molecule has 0 atom stereocenters. The second-order valence-electron chi connectivity index (χ2n) is 6.58. The van der Waals surface area contributed by atoms with E-state index in [1.807, 2.05) is 34.3 Å². The van der Waals surface area contributed by atoms with Crippen LogP contribution >= 0.6 is 11.3 Å². The Morgan fingerprint density at radius 3 is 2.55 bits per heavy atom. The lowest BCUT2D eigenvalue weighted by Gasteiger charge is -2.10. The van der Waals surface area contributed by atoms with Gasteiger partial charge in [-0.05, 0) is 42.8 Å². The van der Waals surface area contributed by atoms with Gasteiger partial charge in [-0.1, -0.05) is 25.5 Å². The molecule has 0 saturated carbocycles. The first-order chi connectivity index (χ1) is 14.0. The van der Waals surface area contributed by atoms with Gasteiger partial charge in [0.15, 0.2) is 4.96 Å². The number of benzene rings is 2. The van der Waals surface area contributed by atoms with Crippen molar-refractivity contribution in [2.24, 2.45) is 0 Å². The number of thiazole rings is 1. The van der Waals surface area contributed by atoms with Gasteiger partial charge in [0.25, 0.3) is 10.0 Å². The molecule has 0 radical (unpaired) electrons. The predicted octanol–water partition coefficient (Wildman–Crippen LogP) is 5.04. The summed E-state index contributed by atoms with van der Waals surface area (Å²) in [5.74, 6) is 0.668. The van der Waals surface area contributed by atoms with Crippen LogP contribution < -0.4 is 9.46 Å². The Morgan fingerprint density at radius 2 is 1.86 bits per heavy atom. The summed E-state index contributed by atoms with van der Waals surface area (Å²) in [6, 6.07) is 13.6. The second-order valence-corrected chi connectivity index (χ2v) is 9.13. The highest BCUT2D eigenvalue weighted by Gasteiger charge is 2.14. The zero-order chi connectivity index (χ0) is 20.3. The average Bonchev–Trinajstić information content (AvgIpc) is 3.31. The van der Waals surface area contributed by atoms with E-state index in [1.165, 1.54) is 0 Å². The topological polar surface area (TPSA) is 72.7 Å². The third-order valence-electron chi connectivity index (χ3n) is 4.43. The van der Waals surface area contributed by atoms with Crippen LogP contribution in [0, 0.1) is 0 Å². The summed E-state index contributed by atoms with van der Waals surface area (Å²) in [6.45, 7) is 2.72. The molecule has 0 amide bonds. The first-order valence-corrected chi connectivity index (χ1v) is 11.7. The minimum atomic E-state index is -3.67. The van der Waals surface area contributed by atoms with Crippen molar-refractivity contribution in [3.8, 4) is 17.0 Å². The number of anilines is 1. The number of unbranched alkanes of at least 4 members (excludes halogenated alkanes) is 1. The summed E-state index contributed by atoms with van der Waals surface area (Å²) in [5, 5.41) is 1.98. The molecule has 2 aromatic carbocycles. The van der Waals surface area contributed by atoms with Crippen LogP contribution in [0.4, 0.5) is 5.69 Å². The van der Waals surface area contributed by atoms with Crippen molar-refractivity contribution in [1.82, 2.24) is 9.38 Å². The van der Waals surface area contributed by atoms with Gasteiger partial charge in [0, 0.05) is 29.0 Å². The maximum absolute atomic E-state index is 12.6. The Labute approximate surface area is 173 Å². The van der Waals surface area contributed by atoms with Gasteiger partial charge in [0.05, 0.1) is 17.2 Å². The molecule has 8 heteroatoms. The third-order valence-corrected chi connectivity index (χ3v) is 6.59. The highest BCUT2D eigenvalue weighted by atomic mass is 32.2. The van der Waals surface area contributed by atoms with Gasteiger partial charge in [0.2, 0.25) is 0 Å². The molecule has 4 aromatic rings. The number of sulfonamides is 1. The van der Waals surface area contributed by atoms with Crippen molar-refractivity contribution in [3.63, 3.8) is 0 Å². The lowest BCUT2D eigenvalue weighted by atomic mass is 10.1. The third kappa shape index (κ3) is 4.44. The predicted molar refractivity (Wildman–Crippen MR) is 116 cm³/mol. The van der Waals surface area contributed by atoms with E-state index < -0.39 is 10.0 Å². The van der Waals surface area contributed by atoms with Gasteiger partial charge in [-0.2, -0.15) is 0 Å². The summed E-state index contributed by atoms with van der Waals surface area (Å²) in [4.78, 5) is 5.68. The highest BCUT2D eigenvalue weighted by Crippen LogP contribution is 2.24. The molecule has 0 spiro atoms. The van der Waals surface area contributed by atoms with E-state index in [0.717, 1.165) is 29.1 Å². The summed E-state index contributed by atoms with van der Waals surface area (Å²) < 4.78 is 35.4. The molecule has 0 saturated heterocycles. The fraction of sp³-hybridized carbons (Fsp3) is 0.190. The van der Waals surface area contributed by atoms with Crippen molar-refractivity contribution < 1.29 is 13.2 Å². The molecule has 6 nitrogen and oxygen atoms in total. The second kappa shape index (κ2) is 8.26. The smallest absolute Gasteiger partial charge is 0.261 e. The van der Waals surface area contributed by atoms with Gasteiger partial charge < -0.3 is 4.74 Å². The molecule has 2 heterocycles. The maximum atomic E-state index is 12.6. The Balaban J connectivity index is 1.45. The van der Waals surface area contributed by atoms with E-state index in [9.17, 15) is 8.42 Å². The molecule has 4 rings (SSSR count). The normalized spacial score (nSPS) is 11.6. The van der Waals surface area contributed by atoms with Crippen LogP contribution in [0.3, 0.4) is 0 Å². The molecule has 29 heavy (non-hydrogen) atoms. The Morgan fingerprint density at radius 1 is 1.10 bits per heavy atom. The SMILES string of the molecule is CCCCOc1ccc(S(=O)(=O)Nc2ccc(-c3cn4ccsc4n3)cc2)cc1. The van der Waals surface area contributed by atoms with Gasteiger partial charge in [0.1, 0.15) is 5.75 Å². The average molecular weight is 428 g/mol. The van der Waals surface area contributed by atoms with Gasteiger partial charge in [-0.15, -0.1) is 11.3 Å². The van der Waals surface area contributed by atoms with Crippen LogP contribution in [-0.2, 0) is 10.0 Å². The van der Waals surface area contributed by atoms with Crippen LogP contribution in [0.5, 0.6) is 5.75 Å². The maximum Gasteiger partial charge on any atom is 0.261 e. The first kappa shape index (κ1) is 19.5. The van der Waals surface area contributed by atoms with Crippen LogP contribution in [0.1, 0.15) is 19.8 Å². The van der Waals surface area contributed by atoms with E-state index in [0.29, 0.717) is 18.0 Å². The molecule has 0 unspecified atom stereocenters. The molecular formula is C21H21N3O3S2. The van der Waals surface area contributed by atoms with Crippen LogP contribution in [-0.4, -0.2) is 24.4 Å². The van der Waals surface area contributed by atoms with Crippen molar-refractivity contribution in [1.29, 1.82) is 0 Å². The lowest BCUT2D eigenvalue weighted by molar-refractivity contribution is 0.309. The first-order valence-electron chi connectivity index (χ1n) is 9.33. The number of aromatic nitrogens is 2. The number of hydrogen-bond acceptors (Lipinski definition) is 5. The summed E-state index contributed by atoms with van der Waals surface area (Å²) in [5.41, 5.74) is 2.28. The van der Waals surface area contributed by atoms with Crippen LogP contribution in [0.15, 0.2) is 71.2 Å². The summed E-state index contributed by atoms with van der Waals surface area (Å²) in [6.07, 6.45) is 5.93. The van der Waals surface area contributed by atoms with E-state index in [2.05, 4.69) is 16.6 Å². The fourth-order valence-electron chi connectivity index (χ4n) is 2.84. The fourth-order valence-corrected chi connectivity index (χ4v) is 4.60. The number of hydrogen-bond donors (Lipinski definition) is 1. The van der Waals surface area contributed by atoms with Gasteiger partial charge in [-0.25, -0.2) is 13.4 Å². The molecule has 0 aliphatic carbocycles. The van der Waals surface area contributed by atoms with Gasteiger partial charge in [-0.3, -0.25) is 9.12 Å². The monoisotopic (exact) mass is 427 g/mol. The van der Waals surface area contributed by atoms with E-state index in [-0.39, 0.29) is 4.90 Å². The Bertz CT molecular complexity index is 1170. The number of imidazole rings is 1. The quantitative estimate of drug-likeness (QED) is 0.400. The number of rotatable bonds is 8. The number of fused-ring (bicyclic) bond motifs is 1. The van der Waals surface area contributed by atoms with Crippen molar-refractivity contribution >= 4 is 32.0 Å². The molecule has 1 N–H and O–H groups in total. The van der Waals surface area contributed by atoms with Crippen molar-refractivity contribution in [2.75, 3.05) is 11.3 Å². The number of nitrogens with one attached hydrogen (secondary N) is 1. The molecule has 0 aliphatic heterocycles. The molecule has 0 bridgehead atoms. The van der Waals surface area contributed by atoms with Crippen LogP contribution in [0.25, 0.3) is 16.2 Å². The van der Waals surface area contributed by atoms with Gasteiger partial charge >= 0.3 is 0 Å². The van der Waals surface area contributed by atoms with Crippen molar-refractivity contribution in [2.45, 2.75) is 24.7 Å². The summed E-state index contributed by atoms with van der Waals surface area (Å²) in [7, 11) is -3.67. The zero-order valence-electron chi connectivity index (χ0n) is 15.9. The van der Waals surface area contributed by atoms with E-state index in [4.69, 9.17) is 4.74 Å². The summed E-state index contributed by atoms with van der Waals surface area (Å²) >= 11 is 1.57. The standard InChI is InChI=1S/C21H21N3O3S2/c1-2-3-13-27-18-8-10-19(11-9-18)29(25,26)23-17-6-4-16(5-7-17)20-15-24-12-14-28-21(24)22-20/h4-12,14-15,23H,2-3,13H2,1H3. The molecule has 150 valence electrons. The minimum Gasteiger partial charge on any atom is -0.494 e. The number of nitrogens with zero attached hydrogens (tertiary/aromatic N) is 2. The largest absolute Gasteiger partial charge is 0.494 e. The minimum absolute atomic E-state index is 0.193. The van der Waals surface area contributed by atoms with E-state index in [1.54, 1.807) is 47.7 Å². The zero-order valence-corrected chi connectivity index (χ0v) is 17.5. The van der Waals surface area contributed by atoms with Crippen molar-refractivity contribution in [3.05, 3.63) is 66.3 Å². The highest BCUT2D eigenvalue weighted by molar-refractivity contribution is 7.92. The Kier molecular flexibility index (Phi) is 5.55. The van der Waals surface area contributed by atoms with E-state index >= 15 is 0 Å².